The van der Waals surface area contributed by atoms with Crippen molar-refractivity contribution >= 4 is 99.5 Å². The van der Waals surface area contributed by atoms with Gasteiger partial charge < -0.3 is 18.6 Å². The van der Waals surface area contributed by atoms with Crippen molar-refractivity contribution in [2.24, 2.45) is 0 Å². The zero-order chi connectivity index (χ0) is 40.8. The van der Waals surface area contributed by atoms with Crippen LogP contribution in [0.1, 0.15) is 33.4 Å². The number of hydrogen-bond donors (Lipinski definition) is 0. The van der Waals surface area contributed by atoms with Gasteiger partial charge in [-0.15, -0.1) is 0 Å². The van der Waals surface area contributed by atoms with Gasteiger partial charge in [-0.25, -0.2) is 0 Å². The van der Waals surface area contributed by atoms with Gasteiger partial charge in [0.1, 0.15) is 22.3 Å². The first kappa shape index (κ1) is 35.8. The highest BCUT2D eigenvalue weighted by Crippen LogP contribution is 2.43. The highest BCUT2D eigenvalue weighted by Gasteiger charge is 2.20. The average molecular weight is 777 g/mol. The Morgan fingerprint density at radius 1 is 0.283 bits per heavy atom. The monoisotopic (exact) mass is 776 g/mol. The van der Waals surface area contributed by atoms with E-state index in [0.29, 0.717) is 0 Å². The van der Waals surface area contributed by atoms with Crippen LogP contribution < -0.4 is 9.80 Å². The van der Waals surface area contributed by atoms with E-state index in [4.69, 9.17) is 8.83 Å². The molecule has 0 radical (unpaired) electrons. The van der Waals surface area contributed by atoms with Crippen LogP contribution in [-0.2, 0) is 0 Å². The largest absolute Gasteiger partial charge is 0.456 e. The molecule has 11 aromatic rings. The lowest BCUT2D eigenvalue weighted by Crippen LogP contribution is -2.11. The minimum atomic E-state index is 0.852. The minimum absolute atomic E-state index is 0.852. The second kappa shape index (κ2) is 13.6. The number of benzene rings is 9. The minimum Gasteiger partial charge on any atom is -0.456 e. The fraction of sp³-hybridized carbons (Fsp3) is 0.107. The highest BCUT2D eigenvalue weighted by molar-refractivity contribution is 6.18. The van der Waals surface area contributed by atoms with E-state index in [1.54, 1.807) is 0 Å². The summed E-state index contributed by atoms with van der Waals surface area (Å²) in [6, 6.07) is 57.5. The molecule has 0 aliphatic heterocycles. The van der Waals surface area contributed by atoms with Gasteiger partial charge in [-0.2, -0.15) is 0 Å². The smallest absolute Gasteiger partial charge is 0.136 e. The number of aryl methyl sites for hydroxylation is 6. The Kier molecular flexibility index (Phi) is 8.15. The van der Waals surface area contributed by atoms with Gasteiger partial charge in [-0.05, 0) is 171 Å². The maximum absolute atomic E-state index is 6.68. The number of fused-ring (bicyclic) bond motifs is 8. The van der Waals surface area contributed by atoms with E-state index < -0.39 is 0 Å². The summed E-state index contributed by atoms with van der Waals surface area (Å²) < 4.78 is 13.4. The first-order chi connectivity index (χ1) is 29.1. The molecule has 0 unspecified atom stereocenters. The summed E-state index contributed by atoms with van der Waals surface area (Å²) >= 11 is 0. The third kappa shape index (κ3) is 5.98. The molecule has 0 amide bonds. The summed E-state index contributed by atoms with van der Waals surface area (Å²) in [6.45, 7) is 12.9. The lowest BCUT2D eigenvalue weighted by molar-refractivity contribution is 0.664. The zero-order valence-corrected chi connectivity index (χ0v) is 34.7. The first-order valence-electron chi connectivity index (χ1n) is 20.7. The second-order valence-corrected chi connectivity index (χ2v) is 16.7. The number of anilines is 6. The van der Waals surface area contributed by atoms with Crippen molar-refractivity contribution < 1.29 is 8.83 Å². The maximum atomic E-state index is 6.68. The Bertz CT molecular complexity index is 3260. The van der Waals surface area contributed by atoms with E-state index >= 15 is 0 Å². The second-order valence-electron chi connectivity index (χ2n) is 16.7. The van der Waals surface area contributed by atoms with Crippen LogP contribution in [0.5, 0.6) is 0 Å². The lowest BCUT2D eigenvalue weighted by atomic mass is 10.0. The Hall–Kier alpha value is -7.30. The van der Waals surface area contributed by atoms with Crippen LogP contribution in [0.2, 0.25) is 0 Å². The summed E-state index contributed by atoms with van der Waals surface area (Å²) in [5.41, 5.74) is 17.7. The predicted molar refractivity (Wildman–Crippen MR) is 254 cm³/mol. The molecule has 0 aliphatic rings. The molecule has 0 spiro atoms. The SMILES string of the molecule is Cc1ccc(N(c2ccc3cc4c(cc3c2)oc2cc3c(cc24)oc2cc4cc(N(c5ccc(C)cc5)c5ccc(C)cc5C)ccc4cc23)c2ccc(C)cc2C)cc1. The van der Waals surface area contributed by atoms with Gasteiger partial charge in [0.2, 0.25) is 0 Å². The van der Waals surface area contributed by atoms with E-state index in [2.05, 4.69) is 209 Å². The Morgan fingerprint density at radius 3 is 1.03 bits per heavy atom. The van der Waals surface area contributed by atoms with E-state index in [1.807, 2.05) is 0 Å². The molecule has 2 heterocycles. The van der Waals surface area contributed by atoms with Crippen LogP contribution >= 0.6 is 0 Å². The molecule has 9 aromatic carbocycles. The van der Waals surface area contributed by atoms with Crippen LogP contribution in [0.15, 0.2) is 167 Å². The Labute approximate surface area is 349 Å². The van der Waals surface area contributed by atoms with E-state index in [0.717, 1.165) is 99.5 Å². The van der Waals surface area contributed by atoms with Crippen LogP contribution in [0.25, 0.3) is 65.4 Å². The van der Waals surface area contributed by atoms with Crippen molar-refractivity contribution in [2.75, 3.05) is 9.80 Å². The molecular weight excluding hydrogens is 733 g/mol. The van der Waals surface area contributed by atoms with Gasteiger partial charge in [0.15, 0.2) is 0 Å². The summed E-state index contributed by atoms with van der Waals surface area (Å²) in [7, 11) is 0. The highest BCUT2D eigenvalue weighted by atomic mass is 16.3. The summed E-state index contributed by atoms with van der Waals surface area (Å²) in [5, 5.41) is 8.82. The van der Waals surface area contributed by atoms with Crippen molar-refractivity contribution in [3.8, 4) is 0 Å². The van der Waals surface area contributed by atoms with Gasteiger partial charge in [0.05, 0.1) is 0 Å². The quantitative estimate of drug-likeness (QED) is 0.168. The lowest BCUT2D eigenvalue weighted by Gasteiger charge is -2.27. The summed E-state index contributed by atoms with van der Waals surface area (Å²) in [4.78, 5) is 4.71. The van der Waals surface area contributed by atoms with Crippen LogP contribution in [0, 0.1) is 41.5 Å². The van der Waals surface area contributed by atoms with Crippen molar-refractivity contribution in [3.63, 3.8) is 0 Å². The molecule has 0 N–H and O–H groups in total. The first-order valence-corrected chi connectivity index (χ1v) is 20.7. The fourth-order valence-corrected chi connectivity index (χ4v) is 9.14. The Morgan fingerprint density at radius 2 is 0.633 bits per heavy atom. The average Bonchev–Trinajstić information content (AvgIpc) is 3.76. The molecule has 0 atom stereocenters. The normalized spacial score (nSPS) is 11.8. The summed E-state index contributed by atoms with van der Waals surface area (Å²) in [6.07, 6.45) is 0. The predicted octanol–water partition coefficient (Wildman–Crippen LogP) is 16.6. The number of hydrogen-bond acceptors (Lipinski definition) is 4. The molecule has 4 nitrogen and oxygen atoms in total. The third-order valence-corrected chi connectivity index (χ3v) is 12.2. The van der Waals surface area contributed by atoms with E-state index in [9.17, 15) is 0 Å². The van der Waals surface area contributed by atoms with Crippen LogP contribution in [-0.4, -0.2) is 0 Å². The number of nitrogens with zero attached hydrogens (tertiary/aromatic N) is 2. The molecule has 60 heavy (non-hydrogen) atoms. The van der Waals surface area contributed by atoms with Crippen molar-refractivity contribution in [1.82, 2.24) is 0 Å². The van der Waals surface area contributed by atoms with E-state index in [1.165, 1.54) is 33.4 Å². The van der Waals surface area contributed by atoms with Crippen molar-refractivity contribution in [2.45, 2.75) is 41.5 Å². The van der Waals surface area contributed by atoms with Crippen LogP contribution in [0.4, 0.5) is 34.1 Å². The Balaban J connectivity index is 1.00. The number of furan rings is 2. The number of rotatable bonds is 6. The zero-order valence-electron chi connectivity index (χ0n) is 34.7. The fourth-order valence-electron chi connectivity index (χ4n) is 9.14. The summed E-state index contributed by atoms with van der Waals surface area (Å²) in [5.74, 6) is 0. The molecule has 0 fully saturated rings. The maximum Gasteiger partial charge on any atom is 0.136 e. The molecule has 0 saturated carbocycles. The van der Waals surface area contributed by atoms with Gasteiger partial charge in [-0.1, -0.05) is 82.9 Å². The van der Waals surface area contributed by atoms with E-state index in [-0.39, 0.29) is 0 Å². The van der Waals surface area contributed by atoms with Crippen molar-refractivity contribution in [3.05, 3.63) is 191 Å². The molecule has 0 bridgehead atoms. The van der Waals surface area contributed by atoms with Gasteiger partial charge >= 0.3 is 0 Å². The topological polar surface area (TPSA) is 32.8 Å². The molecule has 4 heteroatoms. The standard InChI is InChI=1S/C56H44N2O2/c1-33-7-15-43(16-8-33)57(51-21-11-35(3)23-37(51)5)45-19-13-39-27-47-49-31-56-50(32-55(49)59-53(47)29-41(39)25-45)48-28-40-14-20-46(26-42(40)30-54(48)60-56)58(44-17-9-34(2)10-18-44)52-22-12-36(4)24-38(52)6/h7-32H,1-6H3. The van der Waals surface area contributed by atoms with Gasteiger partial charge in [0.25, 0.3) is 0 Å². The molecule has 2 aromatic heterocycles. The molecule has 11 rings (SSSR count). The van der Waals surface area contributed by atoms with Crippen LogP contribution in [0.3, 0.4) is 0 Å². The van der Waals surface area contributed by atoms with Gasteiger partial charge in [0, 0.05) is 55.7 Å². The molecule has 290 valence electrons. The van der Waals surface area contributed by atoms with Crippen molar-refractivity contribution in [1.29, 1.82) is 0 Å². The molecule has 0 saturated heterocycles. The van der Waals surface area contributed by atoms with Gasteiger partial charge in [-0.3, -0.25) is 0 Å². The third-order valence-electron chi connectivity index (χ3n) is 12.2. The molecular formula is C56H44N2O2. The molecule has 0 aliphatic carbocycles.